The molecule has 27 heavy (non-hydrogen) atoms. The first-order valence-electron chi connectivity index (χ1n) is 8.93. The van der Waals surface area contributed by atoms with E-state index in [1.165, 1.54) is 0 Å². The molecule has 138 valence electrons. The van der Waals surface area contributed by atoms with Crippen LogP contribution in [0.1, 0.15) is 22.7 Å². The van der Waals surface area contributed by atoms with Gasteiger partial charge in [-0.3, -0.25) is 14.8 Å². The van der Waals surface area contributed by atoms with Crippen LogP contribution < -0.4 is 0 Å². The third kappa shape index (κ3) is 5.38. The Morgan fingerprint density at radius 1 is 1.04 bits per heavy atom. The summed E-state index contributed by atoms with van der Waals surface area (Å²) in [6.45, 7) is 0.648. The van der Waals surface area contributed by atoms with Crippen LogP contribution in [0.2, 0.25) is 5.02 Å². The Balaban J connectivity index is 1.76. The molecule has 0 spiro atoms. The molecule has 0 saturated heterocycles. The lowest BCUT2D eigenvalue weighted by Crippen LogP contribution is -2.34. The van der Waals surface area contributed by atoms with E-state index >= 15 is 0 Å². The molecule has 2 aromatic heterocycles. The van der Waals surface area contributed by atoms with Crippen LogP contribution in [-0.2, 0) is 17.6 Å². The molecule has 0 radical (unpaired) electrons. The molecule has 2 heterocycles. The molecule has 4 nitrogen and oxygen atoms in total. The Morgan fingerprint density at radius 3 is 2.44 bits per heavy atom. The minimum atomic E-state index is -0.292. The van der Waals surface area contributed by atoms with Gasteiger partial charge in [-0.2, -0.15) is 0 Å². The predicted molar refractivity (Wildman–Crippen MR) is 108 cm³/mol. The number of likely N-dealkylation sites (N-methyl/N-ethyl adjacent to an activating group) is 1. The molecule has 0 aliphatic heterocycles. The van der Waals surface area contributed by atoms with Crippen LogP contribution in [0.3, 0.4) is 0 Å². The van der Waals surface area contributed by atoms with Crippen molar-refractivity contribution in [3.63, 3.8) is 0 Å². The highest BCUT2D eigenvalue weighted by atomic mass is 35.5. The summed E-state index contributed by atoms with van der Waals surface area (Å²) in [5.41, 5.74) is 3.01. The molecule has 0 aliphatic carbocycles. The summed E-state index contributed by atoms with van der Waals surface area (Å²) in [7, 11) is 1.85. The van der Waals surface area contributed by atoms with Gasteiger partial charge in [-0.25, -0.2) is 0 Å². The van der Waals surface area contributed by atoms with Crippen LogP contribution in [0.5, 0.6) is 0 Å². The van der Waals surface area contributed by atoms with E-state index in [0.717, 1.165) is 23.2 Å². The van der Waals surface area contributed by atoms with Crippen molar-refractivity contribution >= 4 is 17.5 Å². The zero-order valence-electron chi connectivity index (χ0n) is 15.3. The number of nitrogens with zero attached hydrogens (tertiary/aromatic N) is 3. The third-order valence-corrected chi connectivity index (χ3v) is 4.82. The van der Waals surface area contributed by atoms with Crippen LogP contribution >= 0.6 is 11.6 Å². The molecule has 1 unspecified atom stereocenters. The summed E-state index contributed by atoms with van der Waals surface area (Å²) < 4.78 is 0. The zero-order chi connectivity index (χ0) is 19.1. The summed E-state index contributed by atoms with van der Waals surface area (Å²) in [4.78, 5) is 23.4. The van der Waals surface area contributed by atoms with Gasteiger partial charge in [0, 0.05) is 49.3 Å². The second-order valence-electron chi connectivity index (χ2n) is 6.49. The SMILES string of the molecule is CN(CCc1ccncc1)C(=O)C(Cc1ccccn1)c1ccc(Cl)cc1. The highest BCUT2D eigenvalue weighted by molar-refractivity contribution is 6.30. The predicted octanol–water partition coefficient (Wildman–Crippen LogP) is 4.16. The Hall–Kier alpha value is -2.72. The molecular weight excluding hydrogens is 358 g/mol. The number of rotatable bonds is 7. The van der Waals surface area contributed by atoms with Gasteiger partial charge >= 0.3 is 0 Å². The van der Waals surface area contributed by atoms with Gasteiger partial charge in [-0.15, -0.1) is 0 Å². The van der Waals surface area contributed by atoms with E-state index in [1.54, 1.807) is 23.5 Å². The van der Waals surface area contributed by atoms with E-state index < -0.39 is 0 Å². The van der Waals surface area contributed by atoms with E-state index in [-0.39, 0.29) is 11.8 Å². The van der Waals surface area contributed by atoms with Crippen molar-refractivity contribution in [1.82, 2.24) is 14.9 Å². The van der Waals surface area contributed by atoms with Gasteiger partial charge < -0.3 is 4.90 Å². The van der Waals surface area contributed by atoms with Crippen molar-refractivity contribution < 1.29 is 4.79 Å². The smallest absolute Gasteiger partial charge is 0.230 e. The standard InChI is InChI=1S/C22H22ClN3O/c1-26(15-11-17-9-13-24-14-10-17)22(27)21(16-20-4-2-3-12-25-20)18-5-7-19(23)8-6-18/h2-10,12-14,21H,11,15-16H2,1H3. The summed E-state index contributed by atoms with van der Waals surface area (Å²) in [6.07, 6.45) is 6.65. The molecule has 3 rings (SSSR count). The summed E-state index contributed by atoms with van der Waals surface area (Å²) in [6, 6.07) is 17.2. The van der Waals surface area contributed by atoms with Crippen LogP contribution in [0.15, 0.2) is 73.2 Å². The minimum absolute atomic E-state index is 0.0806. The van der Waals surface area contributed by atoms with Crippen LogP contribution in [0.25, 0.3) is 0 Å². The number of hydrogen-bond donors (Lipinski definition) is 0. The van der Waals surface area contributed by atoms with Crippen LogP contribution in [0, 0.1) is 0 Å². The maximum atomic E-state index is 13.2. The lowest BCUT2D eigenvalue weighted by Gasteiger charge is -2.24. The second kappa shape index (κ2) is 9.28. The van der Waals surface area contributed by atoms with E-state index in [1.807, 2.05) is 61.6 Å². The number of carbonyl (C=O) groups excluding carboxylic acids is 1. The van der Waals surface area contributed by atoms with Gasteiger partial charge in [0.25, 0.3) is 0 Å². The number of pyridine rings is 2. The highest BCUT2D eigenvalue weighted by Gasteiger charge is 2.24. The van der Waals surface area contributed by atoms with Crippen molar-refractivity contribution in [3.8, 4) is 0 Å². The second-order valence-corrected chi connectivity index (χ2v) is 6.93. The molecule has 0 saturated carbocycles. The molecule has 3 aromatic rings. The van der Waals surface area contributed by atoms with Crippen molar-refractivity contribution in [2.24, 2.45) is 0 Å². The number of halogens is 1. The van der Waals surface area contributed by atoms with Gasteiger partial charge in [0.2, 0.25) is 5.91 Å². The maximum absolute atomic E-state index is 13.2. The first-order chi connectivity index (χ1) is 13.1. The molecule has 0 fully saturated rings. The fourth-order valence-corrected chi connectivity index (χ4v) is 3.12. The molecular formula is C22H22ClN3O. The average Bonchev–Trinajstić information content (AvgIpc) is 2.72. The van der Waals surface area contributed by atoms with Crippen molar-refractivity contribution in [1.29, 1.82) is 0 Å². The Morgan fingerprint density at radius 2 is 1.78 bits per heavy atom. The number of amides is 1. The quantitative estimate of drug-likeness (QED) is 0.619. The normalized spacial score (nSPS) is 11.8. The lowest BCUT2D eigenvalue weighted by molar-refractivity contribution is -0.131. The summed E-state index contributed by atoms with van der Waals surface area (Å²) >= 11 is 6.02. The van der Waals surface area contributed by atoms with Gasteiger partial charge in [0.05, 0.1) is 5.92 Å². The fraction of sp³-hybridized carbons (Fsp3) is 0.227. The van der Waals surface area contributed by atoms with Crippen LogP contribution in [-0.4, -0.2) is 34.4 Å². The van der Waals surface area contributed by atoms with E-state index in [9.17, 15) is 4.79 Å². The zero-order valence-corrected chi connectivity index (χ0v) is 16.0. The Labute approximate surface area is 164 Å². The Bertz CT molecular complexity index is 854. The van der Waals surface area contributed by atoms with E-state index in [4.69, 9.17) is 11.6 Å². The van der Waals surface area contributed by atoms with Gasteiger partial charge in [-0.1, -0.05) is 29.8 Å². The highest BCUT2D eigenvalue weighted by Crippen LogP contribution is 2.24. The maximum Gasteiger partial charge on any atom is 0.230 e. The lowest BCUT2D eigenvalue weighted by atomic mass is 9.92. The van der Waals surface area contributed by atoms with Crippen molar-refractivity contribution in [2.45, 2.75) is 18.8 Å². The number of benzene rings is 1. The largest absolute Gasteiger partial charge is 0.345 e. The van der Waals surface area contributed by atoms with Crippen molar-refractivity contribution in [2.75, 3.05) is 13.6 Å². The molecule has 0 bridgehead atoms. The molecule has 0 N–H and O–H groups in total. The topological polar surface area (TPSA) is 46.1 Å². The van der Waals surface area contributed by atoms with E-state index in [2.05, 4.69) is 9.97 Å². The summed E-state index contributed by atoms with van der Waals surface area (Å²) in [5.74, 6) is -0.211. The minimum Gasteiger partial charge on any atom is -0.345 e. The molecule has 1 atom stereocenters. The molecule has 0 aliphatic rings. The number of hydrogen-bond acceptors (Lipinski definition) is 3. The first kappa shape index (κ1) is 19.1. The molecule has 5 heteroatoms. The average molecular weight is 380 g/mol. The van der Waals surface area contributed by atoms with Gasteiger partial charge in [0.15, 0.2) is 0 Å². The van der Waals surface area contributed by atoms with Crippen molar-refractivity contribution in [3.05, 3.63) is 95.0 Å². The van der Waals surface area contributed by atoms with Gasteiger partial charge in [0.1, 0.15) is 0 Å². The Kier molecular flexibility index (Phi) is 6.55. The third-order valence-electron chi connectivity index (χ3n) is 4.57. The molecule has 1 amide bonds. The van der Waals surface area contributed by atoms with E-state index in [0.29, 0.717) is 18.0 Å². The number of aromatic nitrogens is 2. The summed E-state index contributed by atoms with van der Waals surface area (Å²) in [5, 5.41) is 0.661. The fourth-order valence-electron chi connectivity index (χ4n) is 2.99. The monoisotopic (exact) mass is 379 g/mol. The molecule has 1 aromatic carbocycles. The van der Waals surface area contributed by atoms with Crippen LogP contribution in [0.4, 0.5) is 0 Å². The first-order valence-corrected chi connectivity index (χ1v) is 9.30. The number of carbonyl (C=O) groups is 1. The van der Waals surface area contributed by atoms with Gasteiger partial charge in [-0.05, 0) is 53.9 Å².